The normalized spacial score (nSPS) is 28.4. The number of ether oxygens (including phenoxy) is 1. The lowest BCUT2D eigenvalue weighted by molar-refractivity contribution is -0.0836. The topological polar surface area (TPSA) is 55.5 Å². The predicted octanol–water partition coefficient (Wildman–Crippen LogP) is 2.35. The maximum atomic E-state index is 11.4. The first kappa shape index (κ1) is 12.9. The fraction of sp³-hybridized carbons (Fsp3) is 0.625. The molecule has 2 aliphatic carbocycles. The van der Waals surface area contributed by atoms with Gasteiger partial charge in [0, 0.05) is 12.0 Å². The van der Waals surface area contributed by atoms with E-state index in [9.17, 15) is 5.11 Å². The van der Waals surface area contributed by atoms with Crippen LogP contribution in [0.25, 0.3) is 0 Å². The van der Waals surface area contributed by atoms with Crippen molar-refractivity contribution in [3.8, 4) is 5.75 Å². The van der Waals surface area contributed by atoms with Crippen LogP contribution in [0.15, 0.2) is 18.2 Å². The minimum absolute atomic E-state index is 0.134. The second-order valence-electron chi connectivity index (χ2n) is 6.07. The van der Waals surface area contributed by atoms with Crippen LogP contribution in [-0.2, 0) is 12.0 Å². The van der Waals surface area contributed by atoms with Gasteiger partial charge in [0.1, 0.15) is 5.75 Å². The quantitative estimate of drug-likeness (QED) is 0.878. The van der Waals surface area contributed by atoms with E-state index in [1.807, 2.05) is 12.1 Å². The Balaban J connectivity index is 2.08. The number of aliphatic hydroxyl groups is 1. The predicted molar refractivity (Wildman–Crippen MR) is 75.2 cm³/mol. The van der Waals surface area contributed by atoms with Gasteiger partial charge in [-0.1, -0.05) is 18.9 Å². The second-order valence-corrected chi connectivity index (χ2v) is 6.07. The van der Waals surface area contributed by atoms with Gasteiger partial charge in [-0.25, -0.2) is 0 Å². The summed E-state index contributed by atoms with van der Waals surface area (Å²) in [5.41, 5.74) is 7.48. The zero-order valence-electron chi connectivity index (χ0n) is 11.6. The van der Waals surface area contributed by atoms with Crippen molar-refractivity contribution >= 4 is 0 Å². The van der Waals surface area contributed by atoms with Gasteiger partial charge in [-0.2, -0.15) is 0 Å². The molecule has 3 rings (SSSR count). The van der Waals surface area contributed by atoms with Gasteiger partial charge in [-0.05, 0) is 48.9 Å². The molecule has 1 atom stereocenters. The van der Waals surface area contributed by atoms with E-state index in [-0.39, 0.29) is 5.41 Å². The molecule has 0 bridgehead atoms. The van der Waals surface area contributed by atoms with Gasteiger partial charge in [0.2, 0.25) is 0 Å². The summed E-state index contributed by atoms with van der Waals surface area (Å²) in [6.45, 7) is 0.570. The SMILES string of the molecule is COc1ccc2c(c1)C(O)(C1(CN)CCCC1)CC2. The summed E-state index contributed by atoms with van der Waals surface area (Å²) in [6.07, 6.45) is 6.18. The largest absolute Gasteiger partial charge is 0.497 e. The summed E-state index contributed by atoms with van der Waals surface area (Å²) in [6, 6.07) is 6.08. The zero-order valence-corrected chi connectivity index (χ0v) is 11.6. The first-order valence-corrected chi connectivity index (χ1v) is 7.25. The molecule has 0 spiro atoms. The van der Waals surface area contributed by atoms with Gasteiger partial charge in [0.05, 0.1) is 12.7 Å². The van der Waals surface area contributed by atoms with E-state index in [1.54, 1.807) is 7.11 Å². The number of nitrogens with two attached hydrogens (primary N) is 1. The van der Waals surface area contributed by atoms with Crippen LogP contribution >= 0.6 is 0 Å². The van der Waals surface area contributed by atoms with E-state index in [0.29, 0.717) is 6.54 Å². The Morgan fingerprint density at radius 3 is 2.63 bits per heavy atom. The Bertz CT molecular complexity index is 480. The minimum atomic E-state index is -0.762. The van der Waals surface area contributed by atoms with Crippen molar-refractivity contribution < 1.29 is 9.84 Å². The van der Waals surface area contributed by atoms with Crippen molar-refractivity contribution in [2.45, 2.75) is 44.1 Å². The molecule has 3 nitrogen and oxygen atoms in total. The molecule has 1 aromatic rings. The second kappa shape index (κ2) is 4.50. The molecule has 0 amide bonds. The lowest BCUT2D eigenvalue weighted by Crippen LogP contribution is -2.47. The summed E-state index contributed by atoms with van der Waals surface area (Å²) in [7, 11) is 1.67. The molecular weight excluding hydrogens is 238 g/mol. The monoisotopic (exact) mass is 261 g/mol. The first-order valence-electron chi connectivity index (χ1n) is 7.25. The molecule has 3 heteroatoms. The molecule has 3 N–H and O–H groups in total. The Labute approximate surface area is 114 Å². The Kier molecular flexibility index (Phi) is 3.06. The number of benzene rings is 1. The Morgan fingerprint density at radius 2 is 2.00 bits per heavy atom. The fourth-order valence-corrected chi connectivity index (χ4v) is 4.12. The van der Waals surface area contributed by atoms with Crippen molar-refractivity contribution in [2.24, 2.45) is 11.1 Å². The summed E-state index contributed by atoms with van der Waals surface area (Å²) in [5.74, 6) is 0.823. The van der Waals surface area contributed by atoms with Crippen molar-refractivity contribution in [2.75, 3.05) is 13.7 Å². The summed E-state index contributed by atoms with van der Waals surface area (Å²) in [5, 5.41) is 11.4. The molecule has 1 saturated carbocycles. The minimum Gasteiger partial charge on any atom is -0.497 e. The standard InChI is InChI=1S/C16H23NO2/c1-19-13-5-4-12-6-9-16(18,14(12)10-13)15(11-17)7-2-3-8-15/h4-5,10,18H,2-3,6-9,11,17H2,1H3. The summed E-state index contributed by atoms with van der Waals surface area (Å²) in [4.78, 5) is 0. The number of methoxy groups -OCH3 is 1. The van der Waals surface area contributed by atoms with Gasteiger partial charge in [-0.15, -0.1) is 0 Å². The fourth-order valence-electron chi connectivity index (χ4n) is 4.12. The highest BCUT2D eigenvalue weighted by molar-refractivity contribution is 5.44. The molecule has 0 aliphatic heterocycles. The van der Waals surface area contributed by atoms with E-state index < -0.39 is 5.60 Å². The van der Waals surface area contributed by atoms with E-state index >= 15 is 0 Å². The van der Waals surface area contributed by atoms with E-state index in [0.717, 1.165) is 37.0 Å². The third-order valence-corrected chi connectivity index (χ3v) is 5.35. The highest BCUT2D eigenvalue weighted by atomic mass is 16.5. The molecule has 1 aromatic carbocycles. The Morgan fingerprint density at radius 1 is 1.26 bits per heavy atom. The lowest BCUT2D eigenvalue weighted by atomic mass is 9.67. The molecule has 2 aliphatic rings. The van der Waals surface area contributed by atoms with Crippen LogP contribution in [0.3, 0.4) is 0 Å². The summed E-state index contributed by atoms with van der Waals surface area (Å²) < 4.78 is 5.32. The number of hydrogen-bond donors (Lipinski definition) is 2. The summed E-state index contributed by atoms with van der Waals surface area (Å²) >= 11 is 0. The maximum absolute atomic E-state index is 11.4. The van der Waals surface area contributed by atoms with Gasteiger partial charge in [0.25, 0.3) is 0 Å². The van der Waals surface area contributed by atoms with Crippen LogP contribution in [0, 0.1) is 5.41 Å². The average Bonchev–Trinajstić information content (AvgIpc) is 3.06. The van der Waals surface area contributed by atoms with Gasteiger partial charge in [-0.3, -0.25) is 0 Å². The molecule has 1 unspecified atom stereocenters. The number of aryl methyl sites for hydroxylation is 1. The number of hydrogen-bond acceptors (Lipinski definition) is 3. The first-order chi connectivity index (χ1) is 9.15. The van der Waals surface area contributed by atoms with Crippen LogP contribution in [0.4, 0.5) is 0 Å². The van der Waals surface area contributed by atoms with E-state index in [4.69, 9.17) is 10.5 Å². The van der Waals surface area contributed by atoms with Crippen molar-refractivity contribution in [1.29, 1.82) is 0 Å². The molecular formula is C16H23NO2. The van der Waals surface area contributed by atoms with Gasteiger partial charge in [0.15, 0.2) is 0 Å². The molecule has 19 heavy (non-hydrogen) atoms. The smallest absolute Gasteiger partial charge is 0.119 e. The maximum Gasteiger partial charge on any atom is 0.119 e. The highest BCUT2D eigenvalue weighted by Crippen LogP contribution is 2.56. The van der Waals surface area contributed by atoms with Crippen molar-refractivity contribution in [1.82, 2.24) is 0 Å². The van der Waals surface area contributed by atoms with Crippen LogP contribution in [0.2, 0.25) is 0 Å². The zero-order chi connectivity index (χ0) is 13.5. The average molecular weight is 261 g/mol. The molecule has 0 radical (unpaired) electrons. The van der Waals surface area contributed by atoms with Gasteiger partial charge < -0.3 is 15.6 Å². The molecule has 0 heterocycles. The molecule has 1 fully saturated rings. The third-order valence-electron chi connectivity index (χ3n) is 5.35. The van der Waals surface area contributed by atoms with Crippen molar-refractivity contribution in [3.05, 3.63) is 29.3 Å². The van der Waals surface area contributed by atoms with Crippen LogP contribution < -0.4 is 10.5 Å². The van der Waals surface area contributed by atoms with Crippen LogP contribution in [-0.4, -0.2) is 18.8 Å². The van der Waals surface area contributed by atoms with E-state index in [2.05, 4.69) is 6.07 Å². The van der Waals surface area contributed by atoms with Crippen LogP contribution in [0.5, 0.6) is 5.75 Å². The molecule has 104 valence electrons. The Hall–Kier alpha value is -1.06. The lowest BCUT2D eigenvalue weighted by Gasteiger charge is -2.43. The van der Waals surface area contributed by atoms with Gasteiger partial charge >= 0.3 is 0 Å². The van der Waals surface area contributed by atoms with Crippen LogP contribution in [0.1, 0.15) is 43.2 Å². The number of rotatable bonds is 3. The van der Waals surface area contributed by atoms with E-state index in [1.165, 1.54) is 18.4 Å². The highest BCUT2D eigenvalue weighted by Gasteiger charge is 2.54. The molecule has 0 aromatic heterocycles. The van der Waals surface area contributed by atoms with Crippen molar-refractivity contribution in [3.63, 3.8) is 0 Å². The molecule has 0 saturated heterocycles. The number of fused-ring (bicyclic) bond motifs is 1. The third kappa shape index (κ3) is 1.72.